The second-order valence-electron chi connectivity index (χ2n) is 6.68. The van der Waals surface area contributed by atoms with Crippen LogP contribution in [0.2, 0.25) is 0 Å². The minimum atomic E-state index is 0.0618. The van der Waals surface area contributed by atoms with Gasteiger partial charge in [-0.1, -0.05) is 60.7 Å². The maximum absolute atomic E-state index is 12.5. The molecule has 1 saturated heterocycles. The first kappa shape index (κ1) is 17.6. The number of carbonyl (C=O) groups excluding carboxylic acids is 1. The van der Waals surface area contributed by atoms with Gasteiger partial charge in [0.15, 0.2) is 0 Å². The van der Waals surface area contributed by atoms with Gasteiger partial charge >= 0.3 is 0 Å². The largest absolute Gasteiger partial charge is 0.370 e. The van der Waals surface area contributed by atoms with Crippen LogP contribution in [-0.4, -0.2) is 38.3 Å². The number of hydrogen-bond donors (Lipinski definition) is 2. The van der Waals surface area contributed by atoms with Crippen molar-refractivity contribution in [1.29, 1.82) is 0 Å². The van der Waals surface area contributed by atoms with E-state index >= 15 is 0 Å². The van der Waals surface area contributed by atoms with Gasteiger partial charge in [-0.3, -0.25) is 4.79 Å². The Hall–Kier alpha value is -2.17. The number of rotatable bonds is 6. The predicted molar refractivity (Wildman–Crippen MR) is 98.4 cm³/mol. The second-order valence-corrected chi connectivity index (χ2v) is 6.68. The maximum atomic E-state index is 12.5. The molecule has 0 bridgehead atoms. The number of carbonyl (C=O) groups is 1. The number of nitrogens with one attached hydrogen (secondary N) is 2. The number of quaternary nitrogens is 1. The third-order valence-electron chi connectivity index (χ3n) is 4.83. The summed E-state index contributed by atoms with van der Waals surface area (Å²) >= 11 is 0. The summed E-state index contributed by atoms with van der Waals surface area (Å²) in [6, 6.07) is 20.7. The molecule has 0 saturated carbocycles. The highest BCUT2D eigenvalue weighted by molar-refractivity contribution is 5.78. The molecule has 2 aromatic rings. The van der Waals surface area contributed by atoms with Crippen LogP contribution < -0.4 is 10.2 Å². The summed E-state index contributed by atoms with van der Waals surface area (Å²) < 4.78 is 5.52. The zero-order valence-corrected chi connectivity index (χ0v) is 14.8. The molecular weight excluding hydrogens is 312 g/mol. The molecule has 1 amide bonds. The van der Waals surface area contributed by atoms with Crippen molar-refractivity contribution in [3.05, 3.63) is 71.8 Å². The summed E-state index contributed by atoms with van der Waals surface area (Å²) in [5, 5.41) is 3.22. The molecule has 2 N–H and O–H groups in total. The van der Waals surface area contributed by atoms with Crippen LogP contribution >= 0.6 is 0 Å². The van der Waals surface area contributed by atoms with Gasteiger partial charge in [0.2, 0.25) is 5.91 Å². The van der Waals surface area contributed by atoms with E-state index in [2.05, 4.69) is 36.5 Å². The normalized spacial score (nSPS) is 17.6. The Morgan fingerprint density at radius 3 is 2.28 bits per heavy atom. The summed E-state index contributed by atoms with van der Waals surface area (Å²) in [5.74, 6) is 0.0762. The first-order valence-electron chi connectivity index (χ1n) is 9.04. The molecule has 1 aliphatic rings. The van der Waals surface area contributed by atoms with Crippen LogP contribution in [0.3, 0.4) is 0 Å². The van der Waals surface area contributed by atoms with E-state index in [9.17, 15) is 4.79 Å². The van der Waals surface area contributed by atoms with Crippen molar-refractivity contribution in [2.24, 2.45) is 0 Å². The van der Waals surface area contributed by atoms with Crippen molar-refractivity contribution >= 4 is 5.91 Å². The van der Waals surface area contributed by atoms with Crippen LogP contribution in [0.4, 0.5) is 0 Å². The third-order valence-corrected chi connectivity index (χ3v) is 4.83. The van der Waals surface area contributed by atoms with Crippen LogP contribution in [0.1, 0.15) is 24.1 Å². The molecule has 4 nitrogen and oxygen atoms in total. The van der Waals surface area contributed by atoms with E-state index in [4.69, 9.17) is 4.74 Å². The number of ether oxygens (including phenoxy) is 1. The fourth-order valence-corrected chi connectivity index (χ4v) is 3.65. The van der Waals surface area contributed by atoms with Gasteiger partial charge in [0.25, 0.3) is 0 Å². The molecule has 0 aliphatic carbocycles. The lowest BCUT2D eigenvalue weighted by Crippen LogP contribution is -3.15. The van der Waals surface area contributed by atoms with Crippen LogP contribution in [0.25, 0.3) is 0 Å². The van der Waals surface area contributed by atoms with Gasteiger partial charge in [-0.05, 0) is 12.5 Å². The Kier molecular flexibility index (Phi) is 6.20. The predicted octanol–water partition coefficient (Wildman–Crippen LogP) is 1.39. The molecule has 0 aromatic heterocycles. The molecule has 3 rings (SSSR count). The van der Waals surface area contributed by atoms with Crippen molar-refractivity contribution in [3.63, 3.8) is 0 Å². The van der Waals surface area contributed by atoms with Gasteiger partial charge < -0.3 is 15.0 Å². The molecular formula is C21H27N2O2+. The zero-order chi connectivity index (χ0) is 17.5. The first-order valence-corrected chi connectivity index (χ1v) is 9.04. The standard InChI is InChI=1S/C21H26N2O2/c1-17(22-20(24)16-18-8-4-2-5-9-18)21(19-10-6-3-7-11-19)23-12-14-25-15-13-23/h2-11,17,21H,12-16H2,1H3,(H,22,24)/p+1/t17-,21-/m1/s1. The summed E-state index contributed by atoms with van der Waals surface area (Å²) in [4.78, 5) is 14.0. The minimum Gasteiger partial charge on any atom is -0.370 e. The van der Waals surface area contributed by atoms with Crippen molar-refractivity contribution in [1.82, 2.24) is 5.32 Å². The lowest BCUT2D eigenvalue weighted by atomic mass is 9.97. The van der Waals surface area contributed by atoms with Gasteiger partial charge in [-0.2, -0.15) is 0 Å². The number of amides is 1. The van der Waals surface area contributed by atoms with Crippen molar-refractivity contribution < 1.29 is 14.4 Å². The highest BCUT2D eigenvalue weighted by atomic mass is 16.5. The maximum Gasteiger partial charge on any atom is 0.224 e. The van der Waals surface area contributed by atoms with Crippen LogP contribution in [0.5, 0.6) is 0 Å². The summed E-state index contributed by atoms with van der Waals surface area (Å²) in [6.07, 6.45) is 0.422. The second kappa shape index (κ2) is 8.79. The molecule has 4 heteroatoms. The molecule has 0 spiro atoms. The smallest absolute Gasteiger partial charge is 0.224 e. The molecule has 25 heavy (non-hydrogen) atoms. The average Bonchev–Trinajstić information content (AvgIpc) is 2.64. The van der Waals surface area contributed by atoms with Crippen LogP contribution in [0.15, 0.2) is 60.7 Å². The van der Waals surface area contributed by atoms with Gasteiger partial charge in [0.1, 0.15) is 19.1 Å². The van der Waals surface area contributed by atoms with Crippen molar-refractivity contribution in [2.45, 2.75) is 25.4 Å². The van der Waals surface area contributed by atoms with Crippen LogP contribution in [-0.2, 0) is 16.0 Å². The number of morpholine rings is 1. The fraction of sp³-hybridized carbons (Fsp3) is 0.381. The molecule has 0 unspecified atom stereocenters. The molecule has 132 valence electrons. The Morgan fingerprint density at radius 2 is 1.64 bits per heavy atom. The van der Waals surface area contributed by atoms with E-state index in [0.717, 1.165) is 31.9 Å². The summed E-state index contributed by atoms with van der Waals surface area (Å²) in [6.45, 7) is 5.62. The molecule has 1 aliphatic heterocycles. The fourth-order valence-electron chi connectivity index (χ4n) is 3.65. The van der Waals surface area contributed by atoms with E-state index in [1.807, 2.05) is 36.4 Å². The minimum absolute atomic E-state index is 0.0618. The Balaban J connectivity index is 1.70. The van der Waals surface area contributed by atoms with Gasteiger partial charge in [0, 0.05) is 5.56 Å². The van der Waals surface area contributed by atoms with E-state index in [1.165, 1.54) is 10.5 Å². The molecule has 2 atom stereocenters. The monoisotopic (exact) mass is 339 g/mol. The quantitative estimate of drug-likeness (QED) is 0.835. The molecule has 2 aromatic carbocycles. The lowest BCUT2D eigenvalue weighted by molar-refractivity contribution is -0.940. The van der Waals surface area contributed by atoms with E-state index in [-0.39, 0.29) is 18.0 Å². The third kappa shape index (κ3) is 4.91. The molecule has 0 radical (unpaired) electrons. The molecule has 1 heterocycles. The first-order chi connectivity index (χ1) is 12.2. The van der Waals surface area contributed by atoms with Crippen molar-refractivity contribution in [2.75, 3.05) is 26.3 Å². The van der Waals surface area contributed by atoms with Gasteiger partial charge in [-0.25, -0.2) is 0 Å². The summed E-state index contributed by atoms with van der Waals surface area (Å²) in [7, 11) is 0. The average molecular weight is 339 g/mol. The molecule has 1 fully saturated rings. The number of hydrogen-bond acceptors (Lipinski definition) is 2. The van der Waals surface area contributed by atoms with E-state index < -0.39 is 0 Å². The summed E-state index contributed by atoms with van der Waals surface area (Å²) in [5.41, 5.74) is 2.31. The Morgan fingerprint density at radius 1 is 1.04 bits per heavy atom. The zero-order valence-electron chi connectivity index (χ0n) is 14.8. The highest BCUT2D eigenvalue weighted by Crippen LogP contribution is 2.14. The highest BCUT2D eigenvalue weighted by Gasteiger charge is 2.32. The van der Waals surface area contributed by atoms with Gasteiger partial charge in [-0.15, -0.1) is 0 Å². The Labute approximate surface area is 149 Å². The van der Waals surface area contributed by atoms with E-state index in [0.29, 0.717) is 6.42 Å². The Bertz CT molecular complexity index is 654. The van der Waals surface area contributed by atoms with Crippen molar-refractivity contribution in [3.8, 4) is 0 Å². The van der Waals surface area contributed by atoms with Crippen LogP contribution in [0, 0.1) is 0 Å². The SMILES string of the molecule is C[C@@H](NC(=O)Cc1ccccc1)[C@H](c1ccccc1)[NH+]1CCOCC1. The topological polar surface area (TPSA) is 42.8 Å². The lowest BCUT2D eigenvalue weighted by Gasteiger charge is -2.35. The van der Waals surface area contributed by atoms with E-state index in [1.54, 1.807) is 0 Å². The number of benzene rings is 2. The van der Waals surface area contributed by atoms with Gasteiger partial charge in [0.05, 0.1) is 25.7 Å².